The van der Waals surface area contributed by atoms with Crippen LogP contribution in [0.5, 0.6) is 0 Å². The third-order valence-electron chi connectivity index (χ3n) is 3.14. The van der Waals surface area contributed by atoms with E-state index in [4.69, 9.17) is 15.9 Å². The number of nitrogens with one attached hydrogen (secondary N) is 1. The Balaban J connectivity index is 2.59. The van der Waals surface area contributed by atoms with Gasteiger partial charge in [-0.25, -0.2) is 0 Å². The third kappa shape index (κ3) is 4.54. The van der Waals surface area contributed by atoms with Crippen molar-refractivity contribution in [3.8, 4) is 0 Å². The Hall–Kier alpha value is -1.59. The standard InChI is InChI=1S/C14H22N2O3/c1-10(11-3-5-12(15)6-4-11)7-13(19)16-14(2,8-17)9-18/h3-6,10,17-18H,7-9,15H2,1-2H3,(H,16,19). The van der Waals surface area contributed by atoms with Crippen molar-refractivity contribution in [3.63, 3.8) is 0 Å². The first-order valence-corrected chi connectivity index (χ1v) is 6.28. The molecule has 0 aliphatic rings. The summed E-state index contributed by atoms with van der Waals surface area (Å²) < 4.78 is 0. The number of nitrogen functional groups attached to an aromatic ring is 1. The number of carbonyl (C=O) groups is 1. The van der Waals surface area contributed by atoms with Gasteiger partial charge in [0.15, 0.2) is 0 Å². The summed E-state index contributed by atoms with van der Waals surface area (Å²) in [7, 11) is 0. The molecule has 1 aromatic rings. The number of nitrogens with two attached hydrogens (primary N) is 1. The number of aliphatic hydroxyl groups excluding tert-OH is 2. The van der Waals surface area contributed by atoms with Crippen molar-refractivity contribution >= 4 is 11.6 Å². The molecule has 0 fully saturated rings. The average Bonchev–Trinajstić information content (AvgIpc) is 2.39. The molecule has 5 N–H and O–H groups in total. The lowest BCUT2D eigenvalue weighted by Crippen LogP contribution is -2.51. The SMILES string of the molecule is CC(CC(=O)NC(C)(CO)CO)c1ccc(N)cc1. The molecule has 5 nitrogen and oxygen atoms in total. The van der Waals surface area contributed by atoms with Gasteiger partial charge in [0, 0.05) is 12.1 Å². The first kappa shape index (κ1) is 15.5. The van der Waals surface area contributed by atoms with Gasteiger partial charge in [-0.05, 0) is 30.5 Å². The van der Waals surface area contributed by atoms with Crippen LogP contribution in [0.1, 0.15) is 31.7 Å². The van der Waals surface area contributed by atoms with E-state index in [9.17, 15) is 4.79 Å². The number of carbonyl (C=O) groups excluding carboxylic acids is 1. The summed E-state index contributed by atoms with van der Waals surface area (Å²) in [6, 6.07) is 7.39. The highest BCUT2D eigenvalue weighted by Gasteiger charge is 2.25. The van der Waals surface area contributed by atoms with E-state index in [0.29, 0.717) is 12.1 Å². The summed E-state index contributed by atoms with van der Waals surface area (Å²) in [5, 5.41) is 20.9. The fourth-order valence-electron chi connectivity index (χ4n) is 1.74. The quantitative estimate of drug-likeness (QED) is 0.568. The predicted octanol–water partition coefficient (Wildman–Crippen LogP) is 0.622. The van der Waals surface area contributed by atoms with Crippen molar-refractivity contribution in [2.24, 2.45) is 0 Å². The van der Waals surface area contributed by atoms with Gasteiger partial charge in [0.25, 0.3) is 0 Å². The number of amides is 1. The van der Waals surface area contributed by atoms with Crippen LogP contribution < -0.4 is 11.1 Å². The van der Waals surface area contributed by atoms with Crippen LogP contribution in [0, 0.1) is 0 Å². The van der Waals surface area contributed by atoms with Crippen molar-refractivity contribution in [3.05, 3.63) is 29.8 Å². The number of hydrogen-bond donors (Lipinski definition) is 4. The van der Waals surface area contributed by atoms with Crippen LogP contribution in [0.2, 0.25) is 0 Å². The Morgan fingerprint density at radius 3 is 2.32 bits per heavy atom. The molecule has 0 aromatic heterocycles. The number of aliphatic hydroxyl groups is 2. The summed E-state index contributed by atoms with van der Waals surface area (Å²) in [6.07, 6.45) is 0.291. The zero-order valence-electron chi connectivity index (χ0n) is 11.4. The van der Waals surface area contributed by atoms with E-state index in [1.165, 1.54) is 0 Å². The van der Waals surface area contributed by atoms with E-state index < -0.39 is 5.54 Å². The first-order chi connectivity index (χ1) is 8.90. The maximum absolute atomic E-state index is 11.9. The van der Waals surface area contributed by atoms with Crippen LogP contribution in [-0.2, 0) is 4.79 Å². The lowest BCUT2D eigenvalue weighted by atomic mass is 9.96. The molecule has 0 bridgehead atoms. The predicted molar refractivity (Wildman–Crippen MR) is 74.6 cm³/mol. The largest absolute Gasteiger partial charge is 0.399 e. The molecule has 0 aliphatic carbocycles. The highest BCUT2D eigenvalue weighted by atomic mass is 16.3. The van der Waals surface area contributed by atoms with Crippen molar-refractivity contribution in [1.29, 1.82) is 0 Å². The molecule has 0 heterocycles. The second kappa shape index (κ2) is 6.54. The number of anilines is 1. The topological polar surface area (TPSA) is 95.6 Å². The highest BCUT2D eigenvalue weighted by Crippen LogP contribution is 2.20. The minimum absolute atomic E-state index is 0.0437. The second-order valence-corrected chi connectivity index (χ2v) is 5.20. The van der Waals surface area contributed by atoms with E-state index in [1.54, 1.807) is 19.1 Å². The molecule has 1 atom stereocenters. The molecule has 0 saturated heterocycles. The summed E-state index contributed by atoms with van der Waals surface area (Å²) in [5.74, 6) is -0.155. The van der Waals surface area contributed by atoms with Crippen molar-refractivity contribution < 1.29 is 15.0 Å². The zero-order valence-corrected chi connectivity index (χ0v) is 11.4. The summed E-state index contributed by atoms with van der Waals surface area (Å²) >= 11 is 0. The molecule has 1 amide bonds. The van der Waals surface area contributed by atoms with Gasteiger partial charge in [-0.15, -0.1) is 0 Å². The third-order valence-corrected chi connectivity index (χ3v) is 3.14. The maximum Gasteiger partial charge on any atom is 0.221 e. The van der Waals surface area contributed by atoms with Crippen LogP contribution in [0.4, 0.5) is 5.69 Å². The fourth-order valence-corrected chi connectivity index (χ4v) is 1.74. The van der Waals surface area contributed by atoms with Gasteiger partial charge in [0.05, 0.1) is 18.8 Å². The summed E-state index contributed by atoms with van der Waals surface area (Å²) in [6.45, 7) is 2.94. The van der Waals surface area contributed by atoms with Crippen molar-refractivity contribution in [2.45, 2.75) is 31.7 Å². The van der Waals surface area contributed by atoms with E-state index >= 15 is 0 Å². The Morgan fingerprint density at radius 2 is 1.84 bits per heavy atom. The van der Waals surface area contributed by atoms with Crippen LogP contribution >= 0.6 is 0 Å². The molecule has 0 radical (unpaired) electrons. The van der Waals surface area contributed by atoms with Crippen LogP contribution in [0.3, 0.4) is 0 Å². The van der Waals surface area contributed by atoms with Gasteiger partial charge in [-0.3, -0.25) is 4.79 Å². The zero-order chi connectivity index (χ0) is 14.5. The molecule has 1 rings (SSSR count). The molecule has 0 spiro atoms. The molecular formula is C14H22N2O3. The normalized spacial score (nSPS) is 13.1. The van der Waals surface area contributed by atoms with Gasteiger partial charge in [-0.2, -0.15) is 0 Å². The van der Waals surface area contributed by atoms with Gasteiger partial charge < -0.3 is 21.3 Å². The van der Waals surface area contributed by atoms with Crippen LogP contribution in [0.25, 0.3) is 0 Å². The summed E-state index contributed by atoms with van der Waals surface area (Å²) in [5.41, 5.74) is 6.35. The number of hydrogen-bond acceptors (Lipinski definition) is 4. The van der Waals surface area contributed by atoms with Gasteiger partial charge in [-0.1, -0.05) is 19.1 Å². The second-order valence-electron chi connectivity index (χ2n) is 5.20. The van der Waals surface area contributed by atoms with Crippen LogP contribution in [0.15, 0.2) is 24.3 Å². The molecule has 19 heavy (non-hydrogen) atoms. The Morgan fingerprint density at radius 1 is 1.32 bits per heavy atom. The fraction of sp³-hybridized carbons (Fsp3) is 0.500. The van der Waals surface area contributed by atoms with E-state index in [0.717, 1.165) is 5.56 Å². The number of benzene rings is 1. The lowest BCUT2D eigenvalue weighted by molar-refractivity contribution is -0.124. The van der Waals surface area contributed by atoms with Gasteiger partial charge in [0.2, 0.25) is 5.91 Å². The maximum atomic E-state index is 11.9. The average molecular weight is 266 g/mol. The van der Waals surface area contributed by atoms with Crippen LogP contribution in [-0.4, -0.2) is 34.9 Å². The molecule has 0 saturated carbocycles. The highest BCUT2D eigenvalue weighted by molar-refractivity contribution is 5.77. The van der Waals surface area contributed by atoms with E-state index in [-0.39, 0.29) is 25.0 Å². The van der Waals surface area contributed by atoms with E-state index in [2.05, 4.69) is 5.32 Å². The van der Waals surface area contributed by atoms with Gasteiger partial charge in [0.1, 0.15) is 0 Å². The molecule has 0 aliphatic heterocycles. The molecule has 1 aromatic carbocycles. The lowest BCUT2D eigenvalue weighted by Gasteiger charge is -2.27. The molecule has 106 valence electrons. The Bertz CT molecular complexity index is 413. The smallest absolute Gasteiger partial charge is 0.221 e. The number of rotatable bonds is 6. The minimum Gasteiger partial charge on any atom is -0.399 e. The van der Waals surface area contributed by atoms with Crippen molar-refractivity contribution in [2.75, 3.05) is 18.9 Å². The molecule has 1 unspecified atom stereocenters. The first-order valence-electron chi connectivity index (χ1n) is 6.28. The van der Waals surface area contributed by atoms with E-state index in [1.807, 2.05) is 19.1 Å². The Kier molecular flexibility index (Phi) is 5.32. The van der Waals surface area contributed by atoms with Crippen molar-refractivity contribution in [1.82, 2.24) is 5.32 Å². The Labute approximate surface area is 113 Å². The molecular weight excluding hydrogens is 244 g/mol. The monoisotopic (exact) mass is 266 g/mol. The summed E-state index contributed by atoms with van der Waals surface area (Å²) in [4.78, 5) is 11.9. The van der Waals surface area contributed by atoms with Gasteiger partial charge >= 0.3 is 0 Å². The molecule has 5 heteroatoms. The minimum atomic E-state index is -0.974.